The summed E-state index contributed by atoms with van der Waals surface area (Å²) in [5, 5.41) is 14.5. The minimum Gasteiger partial charge on any atom is -0.481 e. The van der Waals surface area contributed by atoms with Crippen molar-refractivity contribution < 1.29 is 14.7 Å². The molecule has 1 unspecified atom stereocenters. The van der Waals surface area contributed by atoms with Crippen LogP contribution in [-0.4, -0.2) is 22.7 Å². The van der Waals surface area contributed by atoms with Crippen LogP contribution < -0.4 is 5.01 Å². The maximum atomic E-state index is 11.8. The monoisotopic (exact) mass is 246 g/mol. The fourth-order valence-electron chi connectivity index (χ4n) is 1.97. The zero-order valence-electron chi connectivity index (χ0n) is 10.0. The summed E-state index contributed by atoms with van der Waals surface area (Å²) in [7, 11) is 0. The molecule has 1 N–H and O–H groups in total. The molecular formula is C13H14N2O3. The summed E-state index contributed by atoms with van der Waals surface area (Å²) in [5.41, 5.74) is 1.09. The van der Waals surface area contributed by atoms with Crippen LogP contribution in [0.5, 0.6) is 0 Å². The van der Waals surface area contributed by atoms with Gasteiger partial charge in [-0.3, -0.25) is 9.59 Å². The maximum absolute atomic E-state index is 11.8. The van der Waals surface area contributed by atoms with E-state index in [0.29, 0.717) is 17.8 Å². The topological polar surface area (TPSA) is 70.0 Å². The van der Waals surface area contributed by atoms with Gasteiger partial charge in [0.15, 0.2) is 0 Å². The first-order valence-corrected chi connectivity index (χ1v) is 5.81. The third kappa shape index (κ3) is 2.25. The molecule has 0 aromatic heterocycles. The van der Waals surface area contributed by atoms with Gasteiger partial charge in [0.1, 0.15) is 0 Å². The highest BCUT2D eigenvalue weighted by molar-refractivity contribution is 6.17. The number of benzene rings is 1. The van der Waals surface area contributed by atoms with Crippen LogP contribution in [0, 0.1) is 5.92 Å². The Labute approximate surface area is 105 Å². The first-order chi connectivity index (χ1) is 8.63. The van der Waals surface area contributed by atoms with Crippen LogP contribution in [0.1, 0.15) is 19.8 Å². The molecule has 0 saturated carbocycles. The van der Waals surface area contributed by atoms with Crippen molar-refractivity contribution in [3.63, 3.8) is 0 Å². The summed E-state index contributed by atoms with van der Waals surface area (Å²) in [6.45, 7) is 1.77. The van der Waals surface area contributed by atoms with Crippen LogP contribution in [0.15, 0.2) is 35.4 Å². The van der Waals surface area contributed by atoms with Gasteiger partial charge in [0.25, 0.3) is 5.91 Å². The van der Waals surface area contributed by atoms with E-state index in [2.05, 4.69) is 5.10 Å². The lowest BCUT2D eigenvalue weighted by Crippen LogP contribution is -2.22. The lowest BCUT2D eigenvalue weighted by atomic mass is 9.98. The van der Waals surface area contributed by atoms with Gasteiger partial charge in [-0.15, -0.1) is 0 Å². The van der Waals surface area contributed by atoms with E-state index in [0.717, 1.165) is 0 Å². The number of nitrogens with zero attached hydrogens (tertiary/aromatic N) is 2. The van der Waals surface area contributed by atoms with E-state index in [1.807, 2.05) is 18.2 Å². The standard InChI is InChI=1S/C13H14N2O3/c1-2-10(13(17)18)11-8-12(16)15(14-11)9-6-4-3-5-7-9/h3-7,10H,2,8H2,1H3,(H,17,18). The van der Waals surface area contributed by atoms with Crippen molar-refractivity contribution in [3.8, 4) is 0 Å². The van der Waals surface area contributed by atoms with Gasteiger partial charge in [0.2, 0.25) is 0 Å². The van der Waals surface area contributed by atoms with Gasteiger partial charge in [-0.25, -0.2) is 5.01 Å². The quantitative estimate of drug-likeness (QED) is 0.881. The molecule has 2 rings (SSSR count). The number of rotatable bonds is 4. The number of para-hydroxylation sites is 1. The van der Waals surface area contributed by atoms with E-state index in [1.54, 1.807) is 19.1 Å². The molecule has 0 bridgehead atoms. The molecule has 0 aliphatic carbocycles. The Morgan fingerprint density at radius 3 is 2.67 bits per heavy atom. The number of carboxylic acid groups (broad SMARTS) is 1. The van der Waals surface area contributed by atoms with Gasteiger partial charge in [-0.2, -0.15) is 5.10 Å². The predicted molar refractivity (Wildman–Crippen MR) is 67.4 cm³/mol. The summed E-state index contributed by atoms with van der Waals surface area (Å²) in [6, 6.07) is 9.01. The number of carbonyl (C=O) groups excluding carboxylic acids is 1. The van der Waals surface area contributed by atoms with Crippen LogP contribution in [0.3, 0.4) is 0 Å². The number of hydrogen-bond acceptors (Lipinski definition) is 3. The molecule has 1 amide bonds. The fraction of sp³-hybridized carbons (Fsp3) is 0.308. The molecule has 5 nitrogen and oxygen atoms in total. The van der Waals surface area contributed by atoms with E-state index in [-0.39, 0.29) is 12.3 Å². The lowest BCUT2D eigenvalue weighted by molar-refractivity contribution is -0.139. The predicted octanol–water partition coefficient (Wildman–Crippen LogP) is 1.89. The normalized spacial score (nSPS) is 16.6. The van der Waals surface area contributed by atoms with Gasteiger partial charge in [0, 0.05) is 0 Å². The average Bonchev–Trinajstić information content (AvgIpc) is 2.73. The second-order valence-corrected chi connectivity index (χ2v) is 4.11. The number of aliphatic carboxylic acids is 1. The number of carbonyl (C=O) groups is 2. The third-order valence-corrected chi connectivity index (χ3v) is 2.91. The molecule has 1 aromatic carbocycles. The molecule has 1 aliphatic heterocycles. The number of carboxylic acids is 1. The minimum atomic E-state index is -0.932. The largest absolute Gasteiger partial charge is 0.481 e. The molecule has 18 heavy (non-hydrogen) atoms. The first kappa shape index (κ1) is 12.3. The van der Waals surface area contributed by atoms with Crippen LogP contribution in [0.2, 0.25) is 0 Å². The number of hydrogen-bond donors (Lipinski definition) is 1. The molecular weight excluding hydrogens is 232 g/mol. The number of anilines is 1. The van der Waals surface area contributed by atoms with Crippen molar-refractivity contribution in [2.75, 3.05) is 5.01 Å². The average molecular weight is 246 g/mol. The first-order valence-electron chi connectivity index (χ1n) is 5.81. The Kier molecular flexibility index (Phi) is 3.41. The van der Waals surface area contributed by atoms with Crippen molar-refractivity contribution in [2.45, 2.75) is 19.8 Å². The van der Waals surface area contributed by atoms with E-state index in [4.69, 9.17) is 5.11 Å². The Balaban J connectivity index is 2.27. The summed E-state index contributed by atoms with van der Waals surface area (Å²) in [5.74, 6) is -1.79. The van der Waals surface area contributed by atoms with Crippen molar-refractivity contribution in [1.29, 1.82) is 0 Å². The molecule has 94 valence electrons. The lowest BCUT2D eigenvalue weighted by Gasteiger charge is -2.11. The van der Waals surface area contributed by atoms with E-state index in [9.17, 15) is 9.59 Å². The van der Waals surface area contributed by atoms with Crippen LogP contribution >= 0.6 is 0 Å². The van der Waals surface area contributed by atoms with Crippen LogP contribution in [0.25, 0.3) is 0 Å². The molecule has 1 aliphatic rings. The number of hydrazone groups is 1. The molecule has 1 aromatic rings. The summed E-state index contributed by atoms with van der Waals surface area (Å²) in [6.07, 6.45) is 0.518. The molecule has 0 saturated heterocycles. The zero-order chi connectivity index (χ0) is 13.1. The fourth-order valence-corrected chi connectivity index (χ4v) is 1.97. The Morgan fingerprint density at radius 1 is 1.44 bits per heavy atom. The minimum absolute atomic E-state index is 0.0830. The second kappa shape index (κ2) is 5.00. The number of amides is 1. The van der Waals surface area contributed by atoms with E-state index in [1.165, 1.54) is 5.01 Å². The molecule has 1 heterocycles. The Morgan fingerprint density at radius 2 is 2.11 bits per heavy atom. The highest BCUT2D eigenvalue weighted by Gasteiger charge is 2.32. The van der Waals surface area contributed by atoms with Crippen LogP contribution in [0.4, 0.5) is 5.69 Å². The van der Waals surface area contributed by atoms with Gasteiger partial charge >= 0.3 is 5.97 Å². The Hall–Kier alpha value is -2.17. The molecule has 0 radical (unpaired) electrons. The maximum Gasteiger partial charge on any atom is 0.312 e. The van der Waals surface area contributed by atoms with Crippen molar-refractivity contribution in [2.24, 2.45) is 11.0 Å². The molecule has 0 spiro atoms. The van der Waals surface area contributed by atoms with Gasteiger partial charge < -0.3 is 5.11 Å². The van der Waals surface area contributed by atoms with Gasteiger partial charge in [-0.1, -0.05) is 25.1 Å². The van der Waals surface area contributed by atoms with Crippen molar-refractivity contribution in [1.82, 2.24) is 0 Å². The van der Waals surface area contributed by atoms with E-state index >= 15 is 0 Å². The van der Waals surface area contributed by atoms with Gasteiger partial charge in [0.05, 0.1) is 23.7 Å². The van der Waals surface area contributed by atoms with Crippen LogP contribution in [-0.2, 0) is 9.59 Å². The van der Waals surface area contributed by atoms with E-state index < -0.39 is 11.9 Å². The molecule has 0 fully saturated rings. The third-order valence-electron chi connectivity index (χ3n) is 2.91. The smallest absolute Gasteiger partial charge is 0.312 e. The summed E-state index contributed by atoms with van der Waals surface area (Å²) < 4.78 is 0. The van der Waals surface area contributed by atoms with Crippen molar-refractivity contribution in [3.05, 3.63) is 30.3 Å². The SMILES string of the molecule is CCC(C(=O)O)C1=NN(c2ccccc2)C(=O)C1. The molecule has 1 atom stereocenters. The zero-order valence-corrected chi connectivity index (χ0v) is 10.0. The highest BCUT2D eigenvalue weighted by atomic mass is 16.4. The summed E-state index contributed by atoms with van der Waals surface area (Å²) >= 11 is 0. The van der Waals surface area contributed by atoms with Crippen molar-refractivity contribution >= 4 is 23.3 Å². The molecule has 5 heteroatoms. The Bertz CT molecular complexity index is 496. The summed E-state index contributed by atoms with van der Waals surface area (Å²) in [4.78, 5) is 22.9. The van der Waals surface area contributed by atoms with Gasteiger partial charge in [-0.05, 0) is 18.6 Å². The highest BCUT2D eigenvalue weighted by Crippen LogP contribution is 2.23. The second-order valence-electron chi connectivity index (χ2n) is 4.11.